The predicted molar refractivity (Wildman–Crippen MR) is 45.9 cm³/mol. The Bertz CT molecular complexity index is 141. The summed E-state index contributed by atoms with van der Waals surface area (Å²) in [6, 6.07) is 0. The lowest BCUT2D eigenvalue weighted by Gasteiger charge is -2.31. The SMILES string of the molecule is CCN1CCOC(CNC=O)C1. The number of amides is 1. The van der Waals surface area contributed by atoms with Gasteiger partial charge in [-0.3, -0.25) is 9.69 Å². The number of morpholine rings is 1. The molecule has 0 saturated carbocycles. The molecule has 1 amide bonds. The molecule has 1 heterocycles. The number of hydrogen-bond donors (Lipinski definition) is 1. The summed E-state index contributed by atoms with van der Waals surface area (Å²) in [7, 11) is 0. The molecule has 12 heavy (non-hydrogen) atoms. The third kappa shape index (κ3) is 2.79. The van der Waals surface area contributed by atoms with Crippen molar-refractivity contribution in [2.24, 2.45) is 0 Å². The first-order valence-corrected chi connectivity index (χ1v) is 4.37. The number of nitrogens with one attached hydrogen (secondary N) is 1. The van der Waals surface area contributed by atoms with Crippen LogP contribution in [-0.4, -0.2) is 50.2 Å². The van der Waals surface area contributed by atoms with Crippen molar-refractivity contribution in [1.29, 1.82) is 0 Å². The maximum absolute atomic E-state index is 10.0. The molecule has 0 aromatic carbocycles. The number of rotatable bonds is 4. The molecule has 70 valence electrons. The Morgan fingerprint density at radius 2 is 2.58 bits per heavy atom. The van der Waals surface area contributed by atoms with E-state index in [2.05, 4.69) is 17.1 Å². The Labute approximate surface area is 72.9 Å². The van der Waals surface area contributed by atoms with Gasteiger partial charge in [0.2, 0.25) is 6.41 Å². The average Bonchev–Trinajstić information content (AvgIpc) is 2.15. The molecule has 1 N–H and O–H groups in total. The number of carbonyl (C=O) groups excluding carboxylic acids is 1. The maximum Gasteiger partial charge on any atom is 0.207 e. The Hall–Kier alpha value is -0.610. The first-order chi connectivity index (χ1) is 5.86. The molecule has 4 heteroatoms. The topological polar surface area (TPSA) is 41.6 Å². The molecular formula is C8H16N2O2. The molecule has 0 spiro atoms. The molecule has 0 bridgehead atoms. The normalized spacial score (nSPS) is 25.2. The molecule has 1 aliphatic heterocycles. The molecule has 1 rings (SSSR count). The smallest absolute Gasteiger partial charge is 0.207 e. The number of hydrogen-bond acceptors (Lipinski definition) is 3. The van der Waals surface area contributed by atoms with Crippen LogP contribution in [0.15, 0.2) is 0 Å². The summed E-state index contributed by atoms with van der Waals surface area (Å²) in [4.78, 5) is 12.3. The lowest BCUT2D eigenvalue weighted by Crippen LogP contribution is -2.46. The van der Waals surface area contributed by atoms with Crippen LogP contribution in [0.2, 0.25) is 0 Å². The van der Waals surface area contributed by atoms with Gasteiger partial charge in [0.25, 0.3) is 0 Å². The van der Waals surface area contributed by atoms with Crippen molar-refractivity contribution in [2.75, 3.05) is 32.8 Å². The monoisotopic (exact) mass is 172 g/mol. The van der Waals surface area contributed by atoms with Crippen LogP contribution in [0.5, 0.6) is 0 Å². The van der Waals surface area contributed by atoms with Crippen molar-refractivity contribution in [1.82, 2.24) is 10.2 Å². The first kappa shape index (κ1) is 9.48. The standard InChI is InChI=1S/C8H16N2O2/c1-2-10-3-4-12-8(6-10)5-9-7-11/h7-8H,2-6H2,1H3,(H,9,11). The van der Waals surface area contributed by atoms with Crippen molar-refractivity contribution < 1.29 is 9.53 Å². The fourth-order valence-corrected chi connectivity index (χ4v) is 1.37. The fourth-order valence-electron chi connectivity index (χ4n) is 1.37. The molecule has 1 saturated heterocycles. The van der Waals surface area contributed by atoms with Gasteiger partial charge < -0.3 is 10.1 Å². The molecule has 4 nitrogen and oxygen atoms in total. The van der Waals surface area contributed by atoms with Crippen molar-refractivity contribution in [3.8, 4) is 0 Å². The van der Waals surface area contributed by atoms with Crippen molar-refractivity contribution in [3.63, 3.8) is 0 Å². The van der Waals surface area contributed by atoms with Gasteiger partial charge in [0, 0.05) is 19.6 Å². The maximum atomic E-state index is 10.0. The predicted octanol–water partition coefficient (Wildman–Crippen LogP) is -0.547. The lowest BCUT2D eigenvalue weighted by atomic mass is 10.2. The highest BCUT2D eigenvalue weighted by Gasteiger charge is 2.18. The minimum Gasteiger partial charge on any atom is -0.374 e. The van der Waals surface area contributed by atoms with Crippen LogP contribution in [0.25, 0.3) is 0 Å². The van der Waals surface area contributed by atoms with Gasteiger partial charge in [0.1, 0.15) is 0 Å². The molecule has 0 aromatic heterocycles. The third-order valence-corrected chi connectivity index (χ3v) is 2.10. The van der Waals surface area contributed by atoms with E-state index in [1.165, 1.54) is 0 Å². The van der Waals surface area contributed by atoms with Gasteiger partial charge in [0.05, 0.1) is 12.7 Å². The quantitative estimate of drug-likeness (QED) is 0.579. The second-order valence-electron chi connectivity index (χ2n) is 2.91. The van der Waals surface area contributed by atoms with Gasteiger partial charge in [0.15, 0.2) is 0 Å². The van der Waals surface area contributed by atoms with Crippen LogP contribution in [-0.2, 0) is 9.53 Å². The van der Waals surface area contributed by atoms with E-state index < -0.39 is 0 Å². The van der Waals surface area contributed by atoms with E-state index in [1.807, 2.05) is 0 Å². The van der Waals surface area contributed by atoms with Crippen molar-refractivity contribution in [2.45, 2.75) is 13.0 Å². The van der Waals surface area contributed by atoms with Gasteiger partial charge in [-0.25, -0.2) is 0 Å². The van der Waals surface area contributed by atoms with E-state index in [-0.39, 0.29) is 6.10 Å². The van der Waals surface area contributed by atoms with Crippen molar-refractivity contribution >= 4 is 6.41 Å². The van der Waals surface area contributed by atoms with Crippen LogP contribution >= 0.6 is 0 Å². The summed E-state index contributed by atoms with van der Waals surface area (Å²) in [6.07, 6.45) is 0.887. The van der Waals surface area contributed by atoms with Gasteiger partial charge in [-0.2, -0.15) is 0 Å². The number of likely N-dealkylation sites (N-methyl/N-ethyl adjacent to an activating group) is 1. The molecule has 1 fully saturated rings. The number of nitrogens with zero attached hydrogens (tertiary/aromatic N) is 1. The van der Waals surface area contributed by atoms with Crippen LogP contribution in [0, 0.1) is 0 Å². The fraction of sp³-hybridized carbons (Fsp3) is 0.875. The highest BCUT2D eigenvalue weighted by molar-refractivity contribution is 5.45. The van der Waals surface area contributed by atoms with Gasteiger partial charge in [-0.05, 0) is 6.54 Å². The molecule has 1 aliphatic rings. The summed E-state index contributed by atoms with van der Waals surface area (Å²) in [5.41, 5.74) is 0. The molecular weight excluding hydrogens is 156 g/mol. The van der Waals surface area contributed by atoms with Gasteiger partial charge >= 0.3 is 0 Å². The molecule has 0 aromatic rings. The van der Waals surface area contributed by atoms with Crippen LogP contribution in [0.4, 0.5) is 0 Å². The van der Waals surface area contributed by atoms with E-state index in [9.17, 15) is 4.79 Å². The largest absolute Gasteiger partial charge is 0.374 e. The zero-order chi connectivity index (χ0) is 8.81. The second-order valence-corrected chi connectivity index (χ2v) is 2.91. The minimum atomic E-state index is 0.170. The summed E-state index contributed by atoms with van der Waals surface area (Å²) in [5.74, 6) is 0. The molecule has 1 atom stereocenters. The summed E-state index contributed by atoms with van der Waals surface area (Å²) < 4.78 is 5.45. The Kier molecular flexibility index (Phi) is 4.04. The Balaban J connectivity index is 2.20. The third-order valence-electron chi connectivity index (χ3n) is 2.10. The molecule has 0 aliphatic carbocycles. The average molecular weight is 172 g/mol. The van der Waals surface area contributed by atoms with E-state index in [0.29, 0.717) is 13.0 Å². The Morgan fingerprint density at radius 1 is 1.75 bits per heavy atom. The lowest BCUT2D eigenvalue weighted by molar-refractivity contribution is -0.110. The van der Waals surface area contributed by atoms with Gasteiger partial charge in [-0.15, -0.1) is 0 Å². The van der Waals surface area contributed by atoms with Gasteiger partial charge in [-0.1, -0.05) is 6.92 Å². The van der Waals surface area contributed by atoms with Crippen LogP contribution < -0.4 is 5.32 Å². The second kappa shape index (κ2) is 5.11. The molecule has 1 unspecified atom stereocenters. The Morgan fingerprint density at radius 3 is 3.25 bits per heavy atom. The van der Waals surface area contributed by atoms with Crippen molar-refractivity contribution in [3.05, 3.63) is 0 Å². The summed E-state index contributed by atoms with van der Waals surface area (Å²) in [6.45, 7) is 6.53. The van der Waals surface area contributed by atoms with E-state index in [0.717, 1.165) is 26.2 Å². The van der Waals surface area contributed by atoms with Crippen LogP contribution in [0.3, 0.4) is 0 Å². The summed E-state index contributed by atoms with van der Waals surface area (Å²) in [5, 5.41) is 2.63. The van der Waals surface area contributed by atoms with Crippen LogP contribution in [0.1, 0.15) is 6.92 Å². The summed E-state index contributed by atoms with van der Waals surface area (Å²) >= 11 is 0. The molecule has 0 radical (unpaired) electrons. The highest BCUT2D eigenvalue weighted by Crippen LogP contribution is 2.02. The van der Waals surface area contributed by atoms with E-state index in [1.54, 1.807) is 0 Å². The zero-order valence-electron chi connectivity index (χ0n) is 7.45. The first-order valence-electron chi connectivity index (χ1n) is 4.37. The van der Waals surface area contributed by atoms with E-state index >= 15 is 0 Å². The zero-order valence-corrected chi connectivity index (χ0v) is 7.45. The number of carbonyl (C=O) groups is 1. The highest BCUT2D eigenvalue weighted by atomic mass is 16.5. The number of ether oxygens (including phenoxy) is 1. The minimum absolute atomic E-state index is 0.170. The van der Waals surface area contributed by atoms with E-state index in [4.69, 9.17) is 4.74 Å².